The van der Waals surface area contributed by atoms with E-state index >= 15 is 0 Å². The van der Waals surface area contributed by atoms with Crippen LogP contribution in [0.15, 0.2) is 42.5 Å². The average Bonchev–Trinajstić information content (AvgIpc) is 2.72. The normalized spacial score (nSPS) is 12.2. The van der Waals surface area contributed by atoms with Gasteiger partial charge < -0.3 is 4.74 Å². The molecule has 0 unspecified atom stereocenters. The lowest BCUT2D eigenvalue weighted by Crippen LogP contribution is -2.00. The van der Waals surface area contributed by atoms with Crippen LogP contribution in [0.2, 0.25) is 0 Å². The fraction of sp³-hybridized carbons (Fsp3) is 0.217. The molecule has 0 atom stereocenters. The van der Waals surface area contributed by atoms with Crippen LogP contribution in [-0.4, -0.2) is 6.61 Å². The molecule has 0 N–H and O–H groups in total. The molecule has 152 valence electrons. The third-order valence-electron chi connectivity index (χ3n) is 4.56. The van der Waals surface area contributed by atoms with Gasteiger partial charge in [0.2, 0.25) is 5.82 Å². The van der Waals surface area contributed by atoms with E-state index < -0.39 is 40.1 Å². The van der Waals surface area contributed by atoms with Crippen LogP contribution in [-0.2, 0) is 6.42 Å². The van der Waals surface area contributed by atoms with E-state index in [-0.39, 0.29) is 23.3 Å². The Morgan fingerprint density at radius 3 is 2.14 bits per heavy atom. The smallest absolute Gasteiger partial charge is 0.201 e. The van der Waals surface area contributed by atoms with Crippen LogP contribution in [0, 0.1) is 17.5 Å². The SMILES string of the molecule is CCCc1ccc(C(F)=C(F)c2ccc3cc(OCC)c(F)c(F)c3c2F)cc1. The summed E-state index contributed by atoms with van der Waals surface area (Å²) in [5.41, 5.74) is 0.110. The van der Waals surface area contributed by atoms with E-state index in [1.54, 1.807) is 19.1 Å². The molecule has 3 aromatic carbocycles. The third kappa shape index (κ3) is 3.97. The lowest BCUT2D eigenvalue weighted by Gasteiger charge is -2.11. The number of hydrogen-bond acceptors (Lipinski definition) is 1. The third-order valence-corrected chi connectivity index (χ3v) is 4.56. The number of fused-ring (bicyclic) bond motifs is 1. The van der Waals surface area contributed by atoms with Crippen LogP contribution in [0.25, 0.3) is 22.4 Å². The van der Waals surface area contributed by atoms with E-state index in [2.05, 4.69) is 0 Å². The molecule has 0 aliphatic heterocycles. The Morgan fingerprint density at radius 2 is 1.52 bits per heavy atom. The van der Waals surface area contributed by atoms with Crippen molar-refractivity contribution < 1.29 is 26.7 Å². The lowest BCUT2D eigenvalue weighted by molar-refractivity contribution is 0.315. The average molecular weight is 406 g/mol. The first-order valence-electron chi connectivity index (χ1n) is 9.26. The predicted molar refractivity (Wildman–Crippen MR) is 104 cm³/mol. The van der Waals surface area contributed by atoms with Crippen molar-refractivity contribution in [2.24, 2.45) is 0 Å². The fourth-order valence-corrected chi connectivity index (χ4v) is 3.14. The van der Waals surface area contributed by atoms with E-state index in [1.807, 2.05) is 6.92 Å². The number of aryl methyl sites for hydroxylation is 1. The van der Waals surface area contributed by atoms with Gasteiger partial charge in [0, 0.05) is 11.1 Å². The van der Waals surface area contributed by atoms with E-state index in [0.717, 1.165) is 30.5 Å². The van der Waals surface area contributed by atoms with E-state index in [9.17, 15) is 22.0 Å². The summed E-state index contributed by atoms with van der Waals surface area (Å²) in [4.78, 5) is 0. The summed E-state index contributed by atoms with van der Waals surface area (Å²) in [5.74, 6) is -7.41. The number of hydrogen-bond donors (Lipinski definition) is 0. The minimum atomic E-state index is -1.51. The Hall–Kier alpha value is -2.89. The molecule has 0 aliphatic rings. The van der Waals surface area contributed by atoms with Crippen LogP contribution in [0.3, 0.4) is 0 Å². The molecule has 0 radical (unpaired) electrons. The molecule has 0 amide bonds. The molecule has 1 nitrogen and oxygen atoms in total. The first-order valence-corrected chi connectivity index (χ1v) is 9.26. The lowest BCUT2D eigenvalue weighted by atomic mass is 10.0. The van der Waals surface area contributed by atoms with Crippen molar-refractivity contribution in [3.8, 4) is 5.75 Å². The molecular weight excluding hydrogens is 387 g/mol. The van der Waals surface area contributed by atoms with Crippen LogP contribution < -0.4 is 4.74 Å². The van der Waals surface area contributed by atoms with Crippen molar-refractivity contribution in [2.75, 3.05) is 6.61 Å². The molecule has 0 aromatic heterocycles. The summed E-state index contributed by atoms with van der Waals surface area (Å²) in [7, 11) is 0. The summed E-state index contributed by atoms with van der Waals surface area (Å²) in [5, 5.41) is -0.782. The molecule has 0 heterocycles. The highest BCUT2D eigenvalue weighted by Crippen LogP contribution is 2.36. The Bertz CT molecular complexity index is 1070. The maximum atomic E-state index is 14.8. The first kappa shape index (κ1) is 20.8. The maximum absolute atomic E-state index is 14.8. The van der Waals surface area contributed by atoms with Gasteiger partial charge in [-0.25, -0.2) is 17.6 Å². The van der Waals surface area contributed by atoms with Gasteiger partial charge in [0.1, 0.15) is 5.82 Å². The molecule has 0 spiro atoms. The Morgan fingerprint density at radius 1 is 0.828 bits per heavy atom. The zero-order valence-electron chi connectivity index (χ0n) is 16.0. The van der Waals surface area contributed by atoms with Crippen LogP contribution in [0.1, 0.15) is 37.0 Å². The molecule has 6 heteroatoms. The van der Waals surface area contributed by atoms with Crippen LogP contribution in [0.4, 0.5) is 22.0 Å². The van der Waals surface area contributed by atoms with Crippen LogP contribution >= 0.6 is 0 Å². The quantitative estimate of drug-likeness (QED) is 0.307. The molecule has 0 bridgehead atoms. The Balaban J connectivity index is 2.11. The Kier molecular flexibility index (Phi) is 6.20. The van der Waals surface area contributed by atoms with Gasteiger partial charge in [0.25, 0.3) is 0 Å². The second kappa shape index (κ2) is 8.64. The highest BCUT2D eigenvalue weighted by Gasteiger charge is 2.23. The fourth-order valence-electron chi connectivity index (χ4n) is 3.14. The van der Waals surface area contributed by atoms with Gasteiger partial charge >= 0.3 is 0 Å². The van der Waals surface area contributed by atoms with Gasteiger partial charge in [-0.1, -0.05) is 43.7 Å². The summed E-state index contributed by atoms with van der Waals surface area (Å²) >= 11 is 0. The van der Waals surface area contributed by atoms with Crippen LogP contribution in [0.5, 0.6) is 5.75 Å². The largest absolute Gasteiger partial charge is 0.491 e. The molecule has 3 aromatic rings. The molecule has 0 saturated carbocycles. The van der Waals surface area contributed by atoms with E-state index in [0.29, 0.717) is 0 Å². The van der Waals surface area contributed by atoms with Crippen molar-refractivity contribution in [1.29, 1.82) is 0 Å². The highest BCUT2D eigenvalue weighted by molar-refractivity contribution is 5.91. The van der Waals surface area contributed by atoms with Gasteiger partial charge in [-0.05, 0) is 36.4 Å². The zero-order chi connectivity index (χ0) is 21.1. The standard InChI is InChI=1S/C23H19F5O/c1-3-5-13-6-8-14(9-7-13)19(24)21(26)16-11-10-15-12-17(29-4-2)22(27)23(28)18(15)20(16)25/h6-12H,3-5H2,1-2H3. The van der Waals surface area contributed by atoms with Crippen molar-refractivity contribution in [3.63, 3.8) is 0 Å². The predicted octanol–water partition coefficient (Wildman–Crippen LogP) is 7.37. The molecule has 3 rings (SSSR count). The Labute approximate surface area is 165 Å². The zero-order valence-corrected chi connectivity index (χ0v) is 16.0. The van der Waals surface area contributed by atoms with E-state index in [1.165, 1.54) is 18.2 Å². The van der Waals surface area contributed by atoms with Crippen molar-refractivity contribution in [1.82, 2.24) is 0 Å². The van der Waals surface area contributed by atoms with Crippen molar-refractivity contribution >= 4 is 22.4 Å². The number of halogens is 5. The van der Waals surface area contributed by atoms with Crippen molar-refractivity contribution in [3.05, 3.63) is 76.6 Å². The monoisotopic (exact) mass is 406 g/mol. The summed E-state index contributed by atoms with van der Waals surface area (Å²) in [6.45, 7) is 3.67. The number of benzene rings is 3. The molecule has 0 aliphatic carbocycles. The first-order chi connectivity index (χ1) is 13.9. The summed E-state index contributed by atoms with van der Waals surface area (Å²) in [6.07, 6.45) is 1.70. The van der Waals surface area contributed by atoms with Crippen molar-refractivity contribution in [2.45, 2.75) is 26.7 Å². The second-order valence-corrected chi connectivity index (χ2v) is 6.54. The van der Waals surface area contributed by atoms with Gasteiger partial charge in [-0.15, -0.1) is 0 Å². The molecule has 29 heavy (non-hydrogen) atoms. The number of ether oxygens (including phenoxy) is 1. The topological polar surface area (TPSA) is 9.23 Å². The van der Waals surface area contributed by atoms with Gasteiger partial charge in [-0.3, -0.25) is 0 Å². The minimum absolute atomic E-state index is 0.0225. The van der Waals surface area contributed by atoms with Gasteiger partial charge in [0.05, 0.1) is 12.0 Å². The second-order valence-electron chi connectivity index (χ2n) is 6.54. The molecule has 0 saturated heterocycles. The van der Waals surface area contributed by atoms with Gasteiger partial charge in [0.15, 0.2) is 23.2 Å². The summed E-state index contributed by atoms with van der Waals surface area (Å²) in [6, 6.07) is 9.41. The van der Waals surface area contributed by atoms with Gasteiger partial charge in [-0.2, -0.15) is 4.39 Å². The highest BCUT2D eigenvalue weighted by atomic mass is 19.2. The molecule has 0 fully saturated rings. The molecular formula is C23H19F5O. The summed E-state index contributed by atoms with van der Waals surface area (Å²) < 4.78 is 77.6. The maximum Gasteiger partial charge on any atom is 0.201 e. The van der Waals surface area contributed by atoms with E-state index in [4.69, 9.17) is 4.74 Å². The minimum Gasteiger partial charge on any atom is -0.491 e. The number of rotatable bonds is 6.